The van der Waals surface area contributed by atoms with Gasteiger partial charge in [-0.15, -0.1) is 0 Å². The molecule has 1 saturated carbocycles. The maximum absolute atomic E-state index is 10.5. The van der Waals surface area contributed by atoms with Crippen molar-refractivity contribution in [2.24, 2.45) is 11.5 Å². The zero-order valence-corrected chi connectivity index (χ0v) is 12.0. The van der Waals surface area contributed by atoms with Crippen LogP contribution in [0.2, 0.25) is 0 Å². The van der Waals surface area contributed by atoms with Crippen molar-refractivity contribution in [3.8, 4) is 0 Å². The second kappa shape index (κ2) is 6.47. The Balaban J connectivity index is 0.000000200. The van der Waals surface area contributed by atoms with Gasteiger partial charge in [-0.05, 0) is 31.9 Å². The molecule has 0 radical (unpaired) electrons. The summed E-state index contributed by atoms with van der Waals surface area (Å²) in [6.45, 7) is 1.84. The van der Waals surface area contributed by atoms with Gasteiger partial charge in [0.1, 0.15) is 0 Å². The molecule has 0 amide bonds. The molecule has 1 aliphatic carbocycles. The van der Waals surface area contributed by atoms with Gasteiger partial charge in [0.05, 0.1) is 10.6 Å². The van der Waals surface area contributed by atoms with E-state index in [0.29, 0.717) is 0 Å². The number of rotatable bonds is 1. The van der Waals surface area contributed by atoms with Gasteiger partial charge in [-0.3, -0.25) is 4.55 Å². The van der Waals surface area contributed by atoms with E-state index in [1.54, 1.807) is 12.1 Å². The zero-order chi connectivity index (χ0) is 14.5. The van der Waals surface area contributed by atoms with Crippen molar-refractivity contribution in [1.82, 2.24) is 0 Å². The van der Waals surface area contributed by atoms with Gasteiger partial charge in [0, 0.05) is 0 Å². The highest BCUT2D eigenvalue weighted by atomic mass is 32.2. The lowest BCUT2D eigenvalue weighted by Crippen LogP contribution is -2.50. The van der Waals surface area contributed by atoms with Crippen molar-refractivity contribution in [1.29, 1.82) is 0 Å². The summed E-state index contributed by atoms with van der Waals surface area (Å²) >= 11 is 0. The third-order valence-electron chi connectivity index (χ3n) is 3.10. The molecule has 0 atom stereocenters. The summed E-state index contributed by atoms with van der Waals surface area (Å²) in [4.78, 5) is -0.0666. The molecule has 0 heterocycles. The first-order chi connectivity index (χ1) is 8.71. The van der Waals surface area contributed by atoms with Gasteiger partial charge in [-0.1, -0.05) is 37.0 Å². The molecule has 2 rings (SSSR count). The van der Waals surface area contributed by atoms with E-state index >= 15 is 0 Å². The topological polar surface area (TPSA) is 106 Å². The van der Waals surface area contributed by atoms with E-state index in [2.05, 4.69) is 0 Å². The molecular formula is C13H22N2O3S. The fourth-order valence-corrected chi connectivity index (χ4v) is 2.40. The summed E-state index contributed by atoms with van der Waals surface area (Å²) in [5.41, 5.74) is 11.9. The van der Waals surface area contributed by atoms with Gasteiger partial charge in [-0.2, -0.15) is 8.42 Å². The maximum Gasteiger partial charge on any atom is 0.294 e. The Morgan fingerprint density at radius 1 is 1.05 bits per heavy atom. The molecule has 1 aliphatic rings. The molecule has 0 unspecified atom stereocenters. The van der Waals surface area contributed by atoms with E-state index in [9.17, 15) is 8.42 Å². The van der Waals surface area contributed by atoms with Crippen LogP contribution in [-0.2, 0) is 10.1 Å². The summed E-state index contributed by atoms with van der Waals surface area (Å²) < 4.78 is 29.6. The standard InChI is InChI=1S/C7H8O3S.C6H14N2/c1-6-2-4-7(5-3-6)11(8,9)10;7-6(8)4-2-1-3-5-6/h2-5H,1H3,(H,8,9,10);1-5,7-8H2. The molecule has 0 saturated heterocycles. The van der Waals surface area contributed by atoms with Crippen LogP contribution in [0.5, 0.6) is 0 Å². The van der Waals surface area contributed by atoms with Gasteiger partial charge >= 0.3 is 0 Å². The Labute approximate surface area is 114 Å². The number of hydrogen-bond acceptors (Lipinski definition) is 4. The SMILES string of the molecule is Cc1ccc(S(=O)(=O)O)cc1.NC1(N)CCCCC1. The van der Waals surface area contributed by atoms with E-state index in [1.165, 1.54) is 31.4 Å². The minimum atomic E-state index is -4.02. The quantitative estimate of drug-likeness (QED) is 0.539. The molecular weight excluding hydrogens is 264 g/mol. The average molecular weight is 286 g/mol. The molecule has 0 aliphatic heterocycles. The molecule has 6 heteroatoms. The third-order valence-corrected chi connectivity index (χ3v) is 3.97. The van der Waals surface area contributed by atoms with Crippen LogP contribution in [0.4, 0.5) is 0 Å². The van der Waals surface area contributed by atoms with Crippen molar-refractivity contribution < 1.29 is 13.0 Å². The molecule has 1 fully saturated rings. The molecule has 0 aromatic heterocycles. The lowest BCUT2D eigenvalue weighted by Gasteiger charge is -2.28. The third kappa shape index (κ3) is 6.15. The highest BCUT2D eigenvalue weighted by Crippen LogP contribution is 2.20. The van der Waals surface area contributed by atoms with Crippen LogP contribution in [-0.4, -0.2) is 18.6 Å². The van der Waals surface area contributed by atoms with Gasteiger partial charge in [0.25, 0.3) is 10.1 Å². The molecule has 1 aromatic rings. The summed E-state index contributed by atoms with van der Waals surface area (Å²) in [7, 11) is -4.02. The number of benzene rings is 1. The van der Waals surface area contributed by atoms with E-state index < -0.39 is 10.1 Å². The number of nitrogens with two attached hydrogens (primary N) is 2. The minimum absolute atomic E-state index is 0.0666. The van der Waals surface area contributed by atoms with Gasteiger partial charge in [0.15, 0.2) is 0 Å². The number of aryl methyl sites for hydroxylation is 1. The molecule has 0 bridgehead atoms. The lowest BCUT2D eigenvalue weighted by molar-refractivity contribution is 0.306. The first-order valence-corrected chi connectivity index (χ1v) is 7.77. The summed E-state index contributed by atoms with van der Waals surface area (Å²) in [6.07, 6.45) is 5.76. The van der Waals surface area contributed by atoms with Crippen molar-refractivity contribution >= 4 is 10.1 Å². The van der Waals surface area contributed by atoms with Gasteiger partial charge in [0.2, 0.25) is 0 Å². The second-order valence-corrected chi connectivity index (χ2v) is 6.50. The molecule has 0 spiro atoms. The van der Waals surface area contributed by atoms with Crippen molar-refractivity contribution in [2.45, 2.75) is 49.6 Å². The Hall–Kier alpha value is -0.950. The van der Waals surface area contributed by atoms with E-state index in [0.717, 1.165) is 18.4 Å². The van der Waals surface area contributed by atoms with E-state index in [1.807, 2.05) is 6.92 Å². The van der Waals surface area contributed by atoms with Crippen LogP contribution < -0.4 is 11.5 Å². The lowest BCUT2D eigenvalue weighted by atomic mass is 9.91. The Bertz CT molecular complexity index is 487. The van der Waals surface area contributed by atoms with Crippen LogP contribution in [0, 0.1) is 6.92 Å². The maximum atomic E-state index is 10.5. The fraction of sp³-hybridized carbons (Fsp3) is 0.538. The summed E-state index contributed by atoms with van der Waals surface area (Å²) in [5, 5.41) is 0. The van der Waals surface area contributed by atoms with Crippen LogP contribution in [0.1, 0.15) is 37.7 Å². The first kappa shape index (κ1) is 16.1. The zero-order valence-electron chi connectivity index (χ0n) is 11.2. The Morgan fingerprint density at radius 3 is 1.84 bits per heavy atom. The predicted molar refractivity (Wildman–Crippen MR) is 75.2 cm³/mol. The smallest absolute Gasteiger partial charge is 0.294 e. The van der Waals surface area contributed by atoms with E-state index in [-0.39, 0.29) is 10.6 Å². The average Bonchev–Trinajstić information content (AvgIpc) is 2.28. The normalized spacial score (nSPS) is 18.3. The van der Waals surface area contributed by atoms with Crippen LogP contribution in [0.3, 0.4) is 0 Å². The van der Waals surface area contributed by atoms with E-state index in [4.69, 9.17) is 16.0 Å². The predicted octanol–water partition coefficient (Wildman–Crippen LogP) is 1.81. The van der Waals surface area contributed by atoms with Crippen molar-refractivity contribution in [3.05, 3.63) is 29.8 Å². The van der Waals surface area contributed by atoms with Crippen LogP contribution >= 0.6 is 0 Å². The van der Waals surface area contributed by atoms with Gasteiger partial charge < -0.3 is 11.5 Å². The first-order valence-electron chi connectivity index (χ1n) is 6.33. The monoisotopic (exact) mass is 286 g/mol. The molecule has 108 valence electrons. The van der Waals surface area contributed by atoms with Crippen LogP contribution in [0.15, 0.2) is 29.2 Å². The molecule has 1 aromatic carbocycles. The summed E-state index contributed by atoms with van der Waals surface area (Å²) in [6, 6.07) is 5.99. The summed E-state index contributed by atoms with van der Waals surface area (Å²) in [5.74, 6) is 0. The Kier molecular flexibility index (Phi) is 5.49. The largest absolute Gasteiger partial charge is 0.313 e. The molecule has 19 heavy (non-hydrogen) atoms. The molecule has 5 N–H and O–H groups in total. The second-order valence-electron chi connectivity index (χ2n) is 5.08. The fourth-order valence-electron chi connectivity index (χ4n) is 1.92. The van der Waals surface area contributed by atoms with Crippen molar-refractivity contribution in [3.63, 3.8) is 0 Å². The Morgan fingerprint density at radius 2 is 1.53 bits per heavy atom. The van der Waals surface area contributed by atoms with Gasteiger partial charge in [-0.25, -0.2) is 0 Å². The number of hydrogen-bond donors (Lipinski definition) is 3. The highest BCUT2D eigenvalue weighted by molar-refractivity contribution is 7.85. The minimum Gasteiger partial charge on any atom is -0.313 e. The van der Waals surface area contributed by atoms with Crippen LogP contribution in [0.25, 0.3) is 0 Å². The highest BCUT2D eigenvalue weighted by Gasteiger charge is 2.21. The molecule has 5 nitrogen and oxygen atoms in total. The van der Waals surface area contributed by atoms with Crippen molar-refractivity contribution in [2.75, 3.05) is 0 Å².